The number of carbonyl (C=O) groups is 2. The maximum Gasteiger partial charge on any atom is 0.325 e. The summed E-state index contributed by atoms with van der Waals surface area (Å²) in [6.45, 7) is 8.99. The zero-order chi connectivity index (χ0) is 18.1. The van der Waals surface area contributed by atoms with Crippen molar-refractivity contribution in [1.82, 2.24) is 4.90 Å². The number of ether oxygens (including phenoxy) is 1. The summed E-state index contributed by atoms with van der Waals surface area (Å²) in [5.74, 6) is -0.531. The van der Waals surface area contributed by atoms with Crippen LogP contribution >= 0.6 is 0 Å². The van der Waals surface area contributed by atoms with Crippen molar-refractivity contribution in [2.24, 2.45) is 0 Å². The Morgan fingerprint density at radius 3 is 2.25 bits per heavy atom. The predicted octanol–water partition coefficient (Wildman–Crippen LogP) is 3.34. The average molecular weight is 334 g/mol. The summed E-state index contributed by atoms with van der Waals surface area (Å²) in [6.07, 6.45) is 2.29. The molecule has 0 heterocycles. The molecule has 5 heteroatoms. The van der Waals surface area contributed by atoms with Crippen molar-refractivity contribution in [1.29, 1.82) is 0 Å². The average Bonchev–Trinajstić information content (AvgIpc) is 2.57. The normalized spacial score (nSPS) is 10.6. The lowest BCUT2D eigenvalue weighted by atomic mass is 10.1. The molecule has 0 N–H and O–H groups in total. The second-order valence-corrected chi connectivity index (χ2v) is 6.15. The van der Waals surface area contributed by atoms with Crippen LogP contribution in [0.4, 0.5) is 5.69 Å². The Kier molecular flexibility index (Phi) is 8.30. The number of benzene rings is 1. The minimum atomic E-state index is -0.379. The topological polar surface area (TPSA) is 49.9 Å². The Morgan fingerprint density at radius 1 is 1.12 bits per heavy atom. The van der Waals surface area contributed by atoms with Gasteiger partial charge in [-0.2, -0.15) is 0 Å². The van der Waals surface area contributed by atoms with E-state index in [4.69, 9.17) is 4.74 Å². The highest BCUT2D eigenvalue weighted by molar-refractivity contribution is 5.96. The third kappa shape index (κ3) is 5.87. The molecular formula is C19H30N2O3. The number of amides is 1. The number of rotatable bonds is 9. The van der Waals surface area contributed by atoms with E-state index in [1.165, 1.54) is 4.90 Å². The van der Waals surface area contributed by atoms with Crippen LogP contribution in [0, 0.1) is 0 Å². The molecule has 0 radical (unpaired) electrons. The molecule has 0 fully saturated rings. The van der Waals surface area contributed by atoms with Gasteiger partial charge in [0.15, 0.2) is 0 Å². The fourth-order valence-corrected chi connectivity index (χ4v) is 2.38. The lowest BCUT2D eigenvalue weighted by Crippen LogP contribution is -2.41. The highest BCUT2D eigenvalue weighted by Crippen LogP contribution is 2.16. The quantitative estimate of drug-likeness (QED) is 0.650. The summed E-state index contributed by atoms with van der Waals surface area (Å²) >= 11 is 0. The van der Waals surface area contributed by atoms with Crippen molar-refractivity contribution >= 4 is 17.6 Å². The fraction of sp³-hybridized carbons (Fsp3) is 0.579. The van der Waals surface area contributed by atoms with Crippen molar-refractivity contribution in [3.8, 4) is 0 Å². The first kappa shape index (κ1) is 20.0. The summed E-state index contributed by atoms with van der Waals surface area (Å²) in [5.41, 5.74) is 1.67. The fourth-order valence-electron chi connectivity index (χ4n) is 2.38. The number of unbranched alkanes of at least 4 members (excludes halogenated alkanes) is 1. The van der Waals surface area contributed by atoms with Crippen molar-refractivity contribution in [2.45, 2.75) is 46.6 Å². The maximum absolute atomic E-state index is 12.7. The van der Waals surface area contributed by atoms with Gasteiger partial charge in [-0.3, -0.25) is 9.59 Å². The summed E-state index contributed by atoms with van der Waals surface area (Å²) in [7, 11) is 2.05. The second kappa shape index (κ2) is 9.96. The molecule has 0 aromatic heterocycles. The van der Waals surface area contributed by atoms with E-state index in [1.54, 1.807) is 6.92 Å². The summed E-state index contributed by atoms with van der Waals surface area (Å²) < 4.78 is 4.96. The molecule has 0 saturated carbocycles. The van der Waals surface area contributed by atoms with Gasteiger partial charge in [-0.1, -0.05) is 13.3 Å². The van der Waals surface area contributed by atoms with E-state index in [1.807, 2.05) is 45.2 Å². The molecule has 0 aliphatic carbocycles. The van der Waals surface area contributed by atoms with Crippen LogP contribution < -0.4 is 4.90 Å². The van der Waals surface area contributed by atoms with E-state index in [9.17, 15) is 9.59 Å². The molecule has 0 unspecified atom stereocenters. The summed E-state index contributed by atoms with van der Waals surface area (Å²) in [4.78, 5) is 28.1. The van der Waals surface area contributed by atoms with Gasteiger partial charge < -0.3 is 14.5 Å². The molecule has 0 bridgehead atoms. The van der Waals surface area contributed by atoms with Gasteiger partial charge in [0.25, 0.3) is 5.91 Å². The van der Waals surface area contributed by atoms with Crippen LogP contribution in [0.15, 0.2) is 24.3 Å². The van der Waals surface area contributed by atoms with Gasteiger partial charge in [-0.25, -0.2) is 0 Å². The standard InChI is InChI=1S/C19H30N2O3/c1-6-8-13-20(5)17-11-9-16(10-12-17)19(23)21(15(3)4)14-18(22)24-7-2/h9-12,15H,6-8,13-14H2,1-5H3. The molecule has 0 aliphatic rings. The third-order valence-electron chi connectivity index (χ3n) is 3.89. The van der Waals surface area contributed by atoms with Crippen molar-refractivity contribution in [2.75, 3.05) is 31.6 Å². The van der Waals surface area contributed by atoms with E-state index in [0.717, 1.165) is 25.1 Å². The maximum atomic E-state index is 12.7. The number of esters is 1. The molecule has 0 spiro atoms. The number of hydrogen-bond donors (Lipinski definition) is 0. The molecule has 1 amide bonds. The van der Waals surface area contributed by atoms with Crippen LogP contribution in [0.3, 0.4) is 0 Å². The molecule has 5 nitrogen and oxygen atoms in total. The molecule has 0 atom stereocenters. The Hall–Kier alpha value is -2.04. The first-order valence-corrected chi connectivity index (χ1v) is 8.68. The van der Waals surface area contributed by atoms with Crippen molar-refractivity contribution in [3.63, 3.8) is 0 Å². The van der Waals surface area contributed by atoms with Crippen LogP contribution in [0.25, 0.3) is 0 Å². The zero-order valence-corrected chi connectivity index (χ0v) is 15.5. The van der Waals surface area contributed by atoms with Crippen molar-refractivity contribution < 1.29 is 14.3 Å². The summed E-state index contributed by atoms with van der Waals surface area (Å²) in [6, 6.07) is 7.47. The molecule has 1 aromatic rings. The SMILES string of the molecule is CCCCN(C)c1ccc(C(=O)N(CC(=O)OCC)C(C)C)cc1. The molecule has 1 aromatic carbocycles. The predicted molar refractivity (Wildman–Crippen MR) is 97.4 cm³/mol. The molecule has 1 rings (SSSR count). The Labute approximate surface area is 145 Å². The lowest BCUT2D eigenvalue weighted by molar-refractivity contribution is -0.144. The number of hydrogen-bond acceptors (Lipinski definition) is 4. The minimum Gasteiger partial charge on any atom is -0.465 e. The zero-order valence-electron chi connectivity index (χ0n) is 15.5. The number of nitrogens with zero attached hydrogens (tertiary/aromatic N) is 2. The van der Waals surface area contributed by atoms with E-state index in [-0.39, 0.29) is 24.5 Å². The van der Waals surface area contributed by atoms with Crippen LogP contribution in [0.2, 0.25) is 0 Å². The van der Waals surface area contributed by atoms with Gasteiger partial charge in [0.05, 0.1) is 6.61 Å². The number of anilines is 1. The molecule has 24 heavy (non-hydrogen) atoms. The van der Waals surface area contributed by atoms with Crippen LogP contribution in [-0.4, -0.2) is 49.6 Å². The highest BCUT2D eigenvalue weighted by atomic mass is 16.5. The molecular weight excluding hydrogens is 304 g/mol. The first-order valence-electron chi connectivity index (χ1n) is 8.68. The molecule has 0 aliphatic heterocycles. The van der Waals surface area contributed by atoms with E-state index in [0.29, 0.717) is 12.2 Å². The second-order valence-electron chi connectivity index (χ2n) is 6.15. The van der Waals surface area contributed by atoms with Gasteiger partial charge in [-0.05, 0) is 51.5 Å². The van der Waals surface area contributed by atoms with Crippen LogP contribution in [-0.2, 0) is 9.53 Å². The monoisotopic (exact) mass is 334 g/mol. The third-order valence-corrected chi connectivity index (χ3v) is 3.89. The smallest absolute Gasteiger partial charge is 0.325 e. The first-order chi connectivity index (χ1) is 11.4. The highest BCUT2D eigenvalue weighted by Gasteiger charge is 2.22. The largest absolute Gasteiger partial charge is 0.465 e. The number of carbonyl (C=O) groups excluding carboxylic acids is 2. The Morgan fingerprint density at radius 2 is 1.75 bits per heavy atom. The van der Waals surface area contributed by atoms with Crippen molar-refractivity contribution in [3.05, 3.63) is 29.8 Å². The van der Waals surface area contributed by atoms with Crippen LogP contribution in [0.5, 0.6) is 0 Å². The Balaban J connectivity index is 2.82. The van der Waals surface area contributed by atoms with Gasteiger partial charge in [0.2, 0.25) is 0 Å². The van der Waals surface area contributed by atoms with Gasteiger partial charge in [0, 0.05) is 30.9 Å². The van der Waals surface area contributed by atoms with E-state index in [2.05, 4.69) is 11.8 Å². The lowest BCUT2D eigenvalue weighted by Gasteiger charge is -2.26. The van der Waals surface area contributed by atoms with Crippen LogP contribution in [0.1, 0.15) is 50.9 Å². The van der Waals surface area contributed by atoms with E-state index >= 15 is 0 Å². The van der Waals surface area contributed by atoms with E-state index < -0.39 is 0 Å². The van der Waals surface area contributed by atoms with Gasteiger partial charge >= 0.3 is 5.97 Å². The Bertz CT molecular complexity index is 526. The van der Waals surface area contributed by atoms with Gasteiger partial charge in [-0.15, -0.1) is 0 Å². The summed E-state index contributed by atoms with van der Waals surface area (Å²) in [5, 5.41) is 0. The van der Waals surface area contributed by atoms with Gasteiger partial charge in [0.1, 0.15) is 6.54 Å². The minimum absolute atomic E-state index is 0.0253. The molecule has 0 saturated heterocycles. The molecule has 134 valence electrons.